The summed E-state index contributed by atoms with van der Waals surface area (Å²) >= 11 is 0. The first kappa shape index (κ1) is 25.1. The van der Waals surface area contributed by atoms with Gasteiger partial charge in [0.2, 0.25) is 11.3 Å². The molecule has 1 aliphatic rings. The van der Waals surface area contributed by atoms with Gasteiger partial charge < -0.3 is 24.1 Å². The van der Waals surface area contributed by atoms with E-state index in [4.69, 9.17) is 14.2 Å². The van der Waals surface area contributed by atoms with E-state index in [1.165, 1.54) is 6.20 Å². The quantitative estimate of drug-likeness (QED) is 0.347. The van der Waals surface area contributed by atoms with Crippen LogP contribution in [0.1, 0.15) is 35.3 Å². The number of hydrogen-bond acceptors (Lipinski definition) is 6. The Morgan fingerprint density at radius 1 is 0.947 bits per heavy atom. The number of pyridine rings is 1. The van der Waals surface area contributed by atoms with Crippen molar-refractivity contribution in [2.24, 2.45) is 0 Å². The topological polar surface area (TPSA) is 95.9 Å². The van der Waals surface area contributed by atoms with Crippen molar-refractivity contribution in [3.8, 4) is 17.2 Å². The molecule has 8 nitrogen and oxygen atoms in total. The lowest BCUT2D eigenvalue weighted by atomic mass is 10.0. The molecule has 0 aliphatic carbocycles. The van der Waals surface area contributed by atoms with Crippen molar-refractivity contribution in [2.45, 2.75) is 26.8 Å². The molecule has 3 aromatic carbocycles. The molecule has 1 amide bonds. The summed E-state index contributed by atoms with van der Waals surface area (Å²) in [5, 5.41) is 3.17. The summed E-state index contributed by atoms with van der Waals surface area (Å²) in [5.74, 6) is 0.976. The SMILES string of the molecule is CCOc1ccc2c(c1)c(=O)c(C(=O)c1ccc(CC)cc1)cn2CC(=O)Nc1ccc2c(c1)OCCO2. The van der Waals surface area contributed by atoms with Crippen molar-refractivity contribution < 1.29 is 23.8 Å². The van der Waals surface area contributed by atoms with Gasteiger partial charge in [-0.1, -0.05) is 31.2 Å². The lowest BCUT2D eigenvalue weighted by Gasteiger charge is -2.19. The molecule has 8 heteroatoms. The second-order valence-corrected chi connectivity index (χ2v) is 8.90. The van der Waals surface area contributed by atoms with Crippen molar-refractivity contribution in [1.29, 1.82) is 0 Å². The lowest BCUT2D eigenvalue weighted by molar-refractivity contribution is -0.116. The van der Waals surface area contributed by atoms with Crippen molar-refractivity contribution in [3.63, 3.8) is 0 Å². The summed E-state index contributed by atoms with van der Waals surface area (Å²) in [6.45, 7) is 5.12. The van der Waals surface area contributed by atoms with Gasteiger partial charge in [-0.15, -0.1) is 0 Å². The minimum absolute atomic E-state index is 0.0115. The zero-order chi connectivity index (χ0) is 26.6. The number of ketones is 1. The number of nitrogens with zero attached hydrogens (tertiary/aromatic N) is 1. The number of fused-ring (bicyclic) bond motifs is 2. The molecular formula is C30H28N2O6. The van der Waals surface area contributed by atoms with Gasteiger partial charge in [0, 0.05) is 23.5 Å². The Kier molecular flexibility index (Phi) is 7.13. The number of anilines is 1. The van der Waals surface area contributed by atoms with Crippen LogP contribution in [0, 0.1) is 0 Å². The molecule has 1 aromatic heterocycles. The molecule has 5 rings (SSSR count). The predicted molar refractivity (Wildman–Crippen MR) is 145 cm³/mol. The van der Waals surface area contributed by atoms with Crippen LogP contribution in [0.15, 0.2) is 71.7 Å². The van der Waals surface area contributed by atoms with E-state index in [1.807, 2.05) is 26.0 Å². The molecule has 38 heavy (non-hydrogen) atoms. The van der Waals surface area contributed by atoms with E-state index in [9.17, 15) is 14.4 Å². The van der Waals surface area contributed by atoms with Crippen LogP contribution in [0.2, 0.25) is 0 Å². The second-order valence-electron chi connectivity index (χ2n) is 8.90. The van der Waals surface area contributed by atoms with E-state index in [0.29, 0.717) is 59.2 Å². The molecule has 1 N–H and O–H groups in total. The molecular weight excluding hydrogens is 484 g/mol. The number of carbonyl (C=O) groups excluding carboxylic acids is 2. The number of carbonyl (C=O) groups is 2. The predicted octanol–water partition coefficient (Wildman–Crippen LogP) is 4.60. The van der Waals surface area contributed by atoms with Gasteiger partial charge in [-0.05, 0) is 49.2 Å². The number of hydrogen-bond donors (Lipinski definition) is 1. The fourth-order valence-electron chi connectivity index (χ4n) is 4.45. The standard InChI is InChI=1S/C30H28N2O6/c1-3-19-5-7-20(8-6-19)29(34)24-17-32(25-11-10-22(36-4-2)16-23(25)30(24)35)18-28(33)31-21-9-12-26-27(15-21)38-14-13-37-26/h5-12,15-17H,3-4,13-14,18H2,1-2H3,(H,31,33). The number of aryl methyl sites for hydroxylation is 1. The molecule has 0 spiro atoms. The van der Waals surface area contributed by atoms with Crippen molar-refractivity contribution in [3.05, 3.63) is 93.8 Å². The third-order valence-electron chi connectivity index (χ3n) is 6.37. The first-order chi connectivity index (χ1) is 18.5. The normalized spacial score (nSPS) is 12.3. The first-order valence-corrected chi connectivity index (χ1v) is 12.6. The zero-order valence-corrected chi connectivity index (χ0v) is 21.3. The van der Waals surface area contributed by atoms with Gasteiger partial charge in [0.25, 0.3) is 0 Å². The van der Waals surface area contributed by atoms with Crippen molar-refractivity contribution >= 4 is 28.3 Å². The average molecular weight is 513 g/mol. The Bertz CT molecular complexity index is 1570. The van der Waals surface area contributed by atoms with E-state index in [-0.39, 0.29) is 18.0 Å². The van der Waals surface area contributed by atoms with Gasteiger partial charge in [-0.25, -0.2) is 0 Å². The number of benzene rings is 3. The minimum atomic E-state index is -0.408. The maximum absolute atomic E-state index is 13.5. The lowest BCUT2D eigenvalue weighted by Crippen LogP contribution is -2.24. The molecule has 0 saturated heterocycles. The molecule has 0 radical (unpaired) electrons. The fraction of sp³-hybridized carbons (Fsp3) is 0.233. The Morgan fingerprint density at radius 3 is 2.45 bits per heavy atom. The van der Waals surface area contributed by atoms with Crippen LogP contribution < -0.4 is 25.0 Å². The number of aromatic nitrogens is 1. The number of amides is 1. The molecule has 0 bridgehead atoms. The molecule has 194 valence electrons. The Balaban J connectivity index is 1.50. The third kappa shape index (κ3) is 5.11. The van der Waals surface area contributed by atoms with Gasteiger partial charge in [-0.3, -0.25) is 14.4 Å². The van der Waals surface area contributed by atoms with Crippen LogP contribution >= 0.6 is 0 Å². The highest BCUT2D eigenvalue weighted by Gasteiger charge is 2.19. The summed E-state index contributed by atoms with van der Waals surface area (Å²) < 4.78 is 18.3. The van der Waals surface area contributed by atoms with E-state index < -0.39 is 11.2 Å². The van der Waals surface area contributed by atoms with Crippen molar-refractivity contribution in [2.75, 3.05) is 25.1 Å². The van der Waals surface area contributed by atoms with Crippen LogP contribution in [0.25, 0.3) is 10.9 Å². The molecule has 0 fully saturated rings. The van der Waals surface area contributed by atoms with Gasteiger partial charge >= 0.3 is 0 Å². The second kappa shape index (κ2) is 10.8. The molecule has 1 aliphatic heterocycles. The van der Waals surface area contributed by atoms with Crippen LogP contribution in [0.5, 0.6) is 17.2 Å². The molecule has 0 saturated carbocycles. The fourth-order valence-corrected chi connectivity index (χ4v) is 4.45. The summed E-state index contributed by atoms with van der Waals surface area (Å²) in [5.41, 5.74) is 2.16. The highest BCUT2D eigenvalue weighted by Crippen LogP contribution is 2.32. The number of rotatable bonds is 8. The van der Waals surface area contributed by atoms with E-state index in [0.717, 1.165) is 12.0 Å². The van der Waals surface area contributed by atoms with Gasteiger partial charge in [-0.2, -0.15) is 0 Å². The Morgan fingerprint density at radius 2 is 1.71 bits per heavy atom. The maximum atomic E-state index is 13.5. The molecule has 4 aromatic rings. The largest absolute Gasteiger partial charge is 0.494 e. The number of nitrogens with one attached hydrogen (secondary N) is 1. The maximum Gasteiger partial charge on any atom is 0.244 e. The molecule has 2 heterocycles. The smallest absolute Gasteiger partial charge is 0.244 e. The summed E-state index contributed by atoms with van der Waals surface area (Å²) in [6.07, 6.45) is 2.31. The van der Waals surface area contributed by atoms with E-state index >= 15 is 0 Å². The monoisotopic (exact) mass is 512 g/mol. The summed E-state index contributed by atoms with van der Waals surface area (Å²) in [6, 6.07) is 17.5. The third-order valence-corrected chi connectivity index (χ3v) is 6.37. The highest BCUT2D eigenvalue weighted by molar-refractivity contribution is 6.10. The van der Waals surface area contributed by atoms with Crippen molar-refractivity contribution in [1.82, 2.24) is 4.57 Å². The Labute approximate surface area is 219 Å². The van der Waals surface area contributed by atoms with Crippen LogP contribution in [0.3, 0.4) is 0 Å². The average Bonchev–Trinajstić information content (AvgIpc) is 2.94. The van der Waals surface area contributed by atoms with E-state index in [2.05, 4.69) is 5.32 Å². The Hall–Kier alpha value is -4.59. The van der Waals surface area contributed by atoms with Gasteiger partial charge in [0.15, 0.2) is 17.3 Å². The van der Waals surface area contributed by atoms with Crippen LogP contribution in [-0.4, -0.2) is 36.1 Å². The first-order valence-electron chi connectivity index (χ1n) is 12.6. The molecule has 0 atom stereocenters. The van der Waals surface area contributed by atoms with E-state index in [1.54, 1.807) is 53.1 Å². The summed E-state index contributed by atoms with van der Waals surface area (Å²) in [7, 11) is 0. The van der Waals surface area contributed by atoms with Gasteiger partial charge in [0.05, 0.1) is 23.1 Å². The van der Waals surface area contributed by atoms with Crippen LogP contribution in [0.4, 0.5) is 5.69 Å². The highest BCUT2D eigenvalue weighted by atomic mass is 16.6. The zero-order valence-electron chi connectivity index (χ0n) is 21.3. The summed E-state index contributed by atoms with van der Waals surface area (Å²) in [4.78, 5) is 40.0. The van der Waals surface area contributed by atoms with Crippen LogP contribution in [-0.2, 0) is 17.8 Å². The van der Waals surface area contributed by atoms with Gasteiger partial charge in [0.1, 0.15) is 25.5 Å². The number of ether oxygens (including phenoxy) is 3. The minimum Gasteiger partial charge on any atom is -0.494 e. The molecule has 0 unspecified atom stereocenters.